The number of aromatic nitrogens is 4. The zero-order valence-electron chi connectivity index (χ0n) is 37.3. The van der Waals surface area contributed by atoms with Crippen LogP contribution >= 0.6 is 0 Å². The van der Waals surface area contributed by atoms with E-state index in [1.54, 1.807) is 37.0 Å². The van der Waals surface area contributed by atoms with Crippen LogP contribution in [0.2, 0.25) is 0 Å². The lowest BCUT2D eigenvalue weighted by atomic mass is 9.92. The molecule has 4 amide bonds. The molecule has 5 heterocycles. The van der Waals surface area contributed by atoms with Gasteiger partial charge in [0.25, 0.3) is 0 Å². The van der Waals surface area contributed by atoms with Crippen molar-refractivity contribution in [3.05, 3.63) is 65.9 Å². The summed E-state index contributed by atoms with van der Waals surface area (Å²) in [6, 6.07) is 11.6. The summed E-state index contributed by atoms with van der Waals surface area (Å²) in [6.07, 6.45) is -0.140. The molecule has 3 aliphatic heterocycles. The monoisotopic (exact) mass is 880 g/mol. The molecule has 64 heavy (non-hydrogen) atoms. The van der Waals surface area contributed by atoms with E-state index in [0.717, 1.165) is 60.4 Å². The van der Waals surface area contributed by atoms with Crippen LogP contribution in [-0.4, -0.2) is 143 Å². The number of aromatic amines is 2. The molecule has 1 unspecified atom stereocenters. The van der Waals surface area contributed by atoms with E-state index in [-0.39, 0.29) is 29.7 Å². The molecule has 18 nitrogen and oxygen atoms in total. The molecule has 4 N–H and O–H groups in total. The van der Waals surface area contributed by atoms with Crippen molar-refractivity contribution in [2.24, 2.45) is 11.8 Å². The minimum absolute atomic E-state index is 0.0579. The van der Waals surface area contributed by atoms with Crippen LogP contribution < -0.4 is 10.1 Å². The first-order valence-corrected chi connectivity index (χ1v) is 21.5. The maximum atomic E-state index is 14.1. The van der Waals surface area contributed by atoms with Crippen molar-refractivity contribution in [2.45, 2.75) is 76.6 Å². The zero-order chi connectivity index (χ0) is 45.6. The summed E-state index contributed by atoms with van der Waals surface area (Å²) in [5, 5.41) is 14.3. The zero-order valence-corrected chi connectivity index (χ0v) is 37.3. The molecule has 18 heteroatoms. The van der Waals surface area contributed by atoms with Gasteiger partial charge >= 0.3 is 12.2 Å². The predicted octanol–water partition coefficient (Wildman–Crippen LogP) is 5.88. The highest BCUT2D eigenvalue weighted by atomic mass is 16.5. The molecule has 340 valence electrons. The van der Waals surface area contributed by atoms with Gasteiger partial charge < -0.3 is 53.9 Å². The van der Waals surface area contributed by atoms with Gasteiger partial charge in [-0.1, -0.05) is 25.1 Å². The summed E-state index contributed by atoms with van der Waals surface area (Å²) in [4.78, 5) is 73.6. The summed E-state index contributed by atoms with van der Waals surface area (Å²) in [5.41, 5.74) is 6.27. The smallest absolute Gasteiger partial charge is 0.407 e. The van der Waals surface area contributed by atoms with Crippen LogP contribution in [0.3, 0.4) is 0 Å². The molecule has 0 saturated carbocycles. The van der Waals surface area contributed by atoms with Crippen LogP contribution in [0.4, 0.5) is 9.59 Å². The number of rotatable bonds is 13. The Hall–Kier alpha value is -6.24. The third kappa shape index (κ3) is 8.20. The number of ether oxygens (including phenoxy) is 5. The number of carboxylic acid groups (broad SMARTS) is 1. The third-order valence-electron chi connectivity index (χ3n) is 13.1. The lowest BCUT2D eigenvalue weighted by Crippen LogP contribution is -2.54. The second-order valence-corrected chi connectivity index (χ2v) is 17.2. The van der Waals surface area contributed by atoms with E-state index in [1.165, 1.54) is 28.4 Å². The molecule has 5 aromatic rings. The number of alkyl carbamates (subject to hydrolysis) is 1. The maximum absolute atomic E-state index is 14.1. The van der Waals surface area contributed by atoms with Crippen molar-refractivity contribution in [2.75, 3.05) is 55.2 Å². The normalized spacial score (nSPS) is 21.2. The maximum Gasteiger partial charge on any atom is 0.407 e. The number of carbonyl (C=O) groups excluding carboxylic acids is 3. The van der Waals surface area contributed by atoms with E-state index in [2.05, 4.69) is 40.4 Å². The predicted molar refractivity (Wildman–Crippen MR) is 235 cm³/mol. The fourth-order valence-corrected chi connectivity index (χ4v) is 9.60. The average molecular weight is 881 g/mol. The van der Waals surface area contributed by atoms with E-state index in [4.69, 9.17) is 33.7 Å². The number of hydrogen-bond acceptors (Lipinski definition) is 11. The van der Waals surface area contributed by atoms with Crippen LogP contribution in [0.15, 0.2) is 48.7 Å². The molecule has 0 aliphatic carbocycles. The van der Waals surface area contributed by atoms with Gasteiger partial charge in [-0.2, -0.15) is 0 Å². The largest absolute Gasteiger partial charge is 0.488 e. The molecule has 3 aliphatic rings. The Kier molecular flexibility index (Phi) is 12.5. The molecule has 2 fully saturated rings. The number of nitrogens with one attached hydrogen (secondary N) is 3. The molecule has 8 atom stereocenters. The first kappa shape index (κ1) is 44.4. The van der Waals surface area contributed by atoms with Gasteiger partial charge in [-0.25, -0.2) is 19.6 Å². The number of carbonyl (C=O) groups is 4. The van der Waals surface area contributed by atoms with E-state index in [0.29, 0.717) is 50.8 Å². The second-order valence-electron chi connectivity index (χ2n) is 17.2. The average Bonchev–Trinajstić information content (AvgIpc) is 4.12. The summed E-state index contributed by atoms with van der Waals surface area (Å²) >= 11 is 0. The van der Waals surface area contributed by atoms with Crippen molar-refractivity contribution in [3.63, 3.8) is 0 Å². The summed E-state index contributed by atoms with van der Waals surface area (Å²) in [7, 11) is 7.23. The fourth-order valence-electron chi connectivity index (χ4n) is 9.60. The van der Waals surface area contributed by atoms with Crippen LogP contribution in [-0.2, 0) is 35.1 Å². The van der Waals surface area contributed by atoms with Crippen LogP contribution in [0.5, 0.6) is 5.75 Å². The number of nitrogens with zero attached hydrogens (tertiary/aromatic N) is 5. The highest BCUT2D eigenvalue weighted by molar-refractivity contribution is 6.07. The number of likely N-dealkylation sites (N-methyl/N-ethyl adjacent to an activating group) is 1. The minimum Gasteiger partial charge on any atom is -0.488 e. The van der Waals surface area contributed by atoms with E-state index in [1.807, 2.05) is 24.3 Å². The number of fused-ring (bicyclic) bond motifs is 6. The second kappa shape index (κ2) is 18.1. The molecule has 2 aromatic heterocycles. The van der Waals surface area contributed by atoms with Gasteiger partial charge in [-0.3, -0.25) is 14.5 Å². The van der Waals surface area contributed by atoms with E-state index >= 15 is 0 Å². The van der Waals surface area contributed by atoms with Crippen LogP contribution in [0.1, 0.15) is 62.9 Å². The molecule has 0 bridgehead atoms. The van der Waals surface area contributed by atoms with Gasteiger partial charge in [0.05, 0.1) is 60.9 Å². The third-order valence-corrected chi connectivity index (χ3v) is 13.1. The number of benzene rings is 3. The Labute approximate surface area is 370 Å². The molecule has 0 radical (unpaired) electrons. The lowest BCUT2D eigenvalue weighted by molar-refractivity contribution is -0.141. The van der Waals surface area contributed by atoms with Crippen molar-refractivity contribution in [1.82, 2.24) is 40.0 Å². The van der Waals surface area contributed by atoms with Gasteiger partial charge in [0.1, 0.15) is 36.1 Å². The lowest BCUT2D eigenvalue weighted by Gasteiger charge is -2.34. The Bertz CT molecular complexity index is 2580. The number of likely N-dealkylation sites (tertiary alicyclic amines) is 2. The Morgan fingerprint density at radius 2 is 1.67 bits per heavy atom. The Balaban J connectivity index is 1.05. The van der Waals surface area contributed by atoms with Crippen molar-refractivity contribution < 1.29 is 48.0 Å². The molecule has 0 spiro atoms. The van der Waals surface area contributed by atoms with E-state index in [9.17, 15) is 24.3 Å². The molecule has 3 aromatic carbocycles. The topological polar surface area (TPSA) is 214 Å². The highest BCUT2D eigenvalue weighted by Gasteiger charge is 2.44. The fraction of sp³-hybridized carbons (Fsp3) is 0.478. The van der Waals surface area contributed by atoms with Crippen LogP contribution in [0.25, 0.3) is 44.2 Å². The molecular weight excluding hydrogens is 825 g/mol. The van der Waals surface area contributed by atoms with Crippen molar-refractivity contribution in [1.29, 1.82) is 0 Å². The Morgan fingerprint density at radius 1 is 0.922 bits per heavy atom. The van der Waals surface area contributed by atoms with Gasteiger partial charge in [0.15, 0.2) is 0 Å². The first-order chi connectivity index (χ1) is 30.7. The highest BCUT2D eigenvalue weighted by Crippen LogP contribution is 2.44. The Morgan fingerprint density at radius 3 is 2.39 bits per heavy atom. The van der Waals surface area contributed by atoms with Gasteiger partial charge in [-0.15, -0.1) is 0 Å². The number of methoxy groups -OCH3 is 4. The van der Waals surface area contributed by atoms with Gasteiger partial charge in [0.2, 0.25) is 11.8 Å². The number of H-pyrrole nitrogens is 2. The SMILES string of the molecule is COC[C@H]1C[C@@H](c2ncc(-c3ccc4c(c3)COc3cc5c(ccc6nc([C@@H]7C[C@H](C)CN7C(=O)[C@H]([C@@H](C)OC)N(C)C(=O)O)[nH]c65)cc3-4)[nH]2)N(C(=O)[C@@H](NC(=O)OC)C(C)OC)C1. The quantitative estimate of drug-likeness (QED) is 0.109. The molecular formula is C46H56N8O10. The number of imidazole rings is 2. The van der Waals surface area contributed by atoms with Crippen LogP contribution in [0, 0.1) is 11.8 Å². The molecule has 2 saturated heterocycles. The first-order valence-electron chi connectivity index (χ1n) is 21.5. The summed E-state index contributed by atoms with van der Waals surface area (Å²) in [6.45, 7) is 7.18. The van der Waals surface area contributed by atoms with Crippen molar-refractivity contribution >= 4 is 45.8 Å². The summed E-state index contributed by atoms with van der Waals surface area (Å²) in [5.74, 6) is 1.61. The number of amides is 4. The minimum atomic E-state index is -1.21. The van der Waals surface area contributed by atoms with Crippen molar-refractivity contribution in [3.8, 4) is 28.1 Å². The van der Waals surface area contributed by atoms with E-state index < -0.39 is 42.5 Å². The summed E-state index contributed by atoms with van der Waals surface area (Å²) < 4.78 is 27.6. The van der Waals surface area contributed by atoms with Gasteiger partial charge in [-0.05, 0) is 78.9 Å². The molecule has 8 rings (SSSR count). The standard InChI is InChI=1S/C46H56N8O10/c1-23-13-35(53(19-23)44(56)40(25(3)62-7)52(4)46(58)59)42-48-33-12-10-27-16-32-30-11-9-28(15-29(30)22-64-37(32)17-31(27)39(33)50-42)34-18-47-41(49-34)36-14-26(21-60-5)20-54(36)43(55)38(24(2)61-6)51-45(57)63-8/h9-12,15-18,23-26,35-36,38,40H,13-14,19-22H2,1-8H3,(H,47,49)(H,48,50)(H,51,57)(H,58,59)/t23-,24?,25+,26-,35-,36-,38-,40-/m0/s1. The number of hydrogen-bond donors (Lipinski definition) is 4. The van der Waals surface area contributed by atoms with Gasteiger partial charge in [0, 0.05) is 58.3 Å².